The van der Waals surface area contributed by atoms with Gasteiger partial charge in [-0.2, -0.15) is 0 Å². The Balaban J connectivity index is 2.80. The molecule has 0 aromatic heterocycles. The predicted octanol–water partition coefficient (Wildman–Crippen LogP) is 3.98. The van der Waals surface area contributed by atoms with E-state index in [-0.39, 0.29) is 0 Å². The van der Waals surface area contributed by atoms with Gasteiger partial charge in [0.15, 0.2) is 0 Å². The average Bonchev–Trinajstić information content (AvgIpc) is 2.17. The van der Waals surface area contributed by atoms with Gasteiger partial charge in [0.2, 0.25) is 0 Å². The van der Waals surface area contributed by atoms with E-state index in [9.17, 15) is 5.11 Å². The van der Waals surface area contributed by atoms with Crippen molar-refractivity contribution in [3.8, 4) is 0 Å². The lowest BCUT2D eigenvalue weighted by Crippen LogP contribution is -2.23. The molecule has 2 unspecified atom stereocenters. The Morgan fingerprint density at radius 1 is 1.33 bits per heavy atom. The summed E-state index contributed by atoms with van der Waals surface area (Å²) in [5.41, 5.74) is 0.187. The molecule has 0 aliphatic carbocycles. The fourth-order valence-electron chi connectivity index (χ4n) is 1.75. The topological polar surface area (TPSA) is 20.2 Å². The largest absolute Gasteiger partial charge is 0.385 e. The molecule has 2 heteroatoms. The Hall–Kier alpha value is -0.530. The fraction of sp³-hybridized carbons (Fsp3) is 0.538. The summed E-state index contributed by atoms with van der Waals surface area (Å²) >= 11 is 5.81. The highest BCUT2D eigenvalue weighted by atomic mass is 35.5. The molecule has 0 aliphatic heterocycles. The molecule has 84 valence electrons. The molecule has 1 nitrogen and oxygen atoms in total. The van der Waals surface area contributed by atoms with Crippen molar-refractivity contribution in [1.29, 1.82) is 0 Å². The Morgan fingerprint density at radius 2 is 1.87 bits per heavy atom. The number of halogens is 1. The molecule has 0 radical (unpaired) electrons. The zero-order chi connectivity index (χ0) is 11.5. The monoisotopic (exact) mass is 226 g/mol. The Bertz CT molecular complexity index is 303. The van der Waals surface area contributed by atoms with Gasteiger partial charge in [0, 0.05) is 5.02 Å². The van der Waals surface area contributed by atoms with Crippen LogP contribution in [0.5, 0.6) is 0 Å². The van der Waals surface area contributed by atoms with E-state index in [2.05, 4.69) is 13.8 Å². The van der Waals surface area contributed by atoms with E-state index in [0.29, 0.717) is 10.9 Å². The third-order valence-corrected chi connectivity index (χ3v) is 3.16. The van der Waals surface area contributed by atoms with E-state index >= 15 is 0 Å². The van der Waals surface area contributed by atoms with Crippen molar-refractivity contribution in [2.75, 3.05) is 0 Å². The molecule has 0 fully saturated rings. The first-order valence-corrected chi connectivity index (χ1v) is 5.82. The average molecular weight is 227 g/mol. The Morgan fingerprint density at radius 3 is 2.33 bits per heavy atom. The van der Waals surface area contributed by atoms with Crippen LogP contribution in [-0.4, -0.2) is 5.11 Å². The maximum Gasteiger partial charge on any atom is 0.0871 e. The molecular formula is C13H19ClO. The summed E-state index contributed by atoms with van der Waals surface area (Å²) in [4.78, 5) is 0. The van der Waals surface area contributed by atoms with Gasteiger partial charge in [-0.1, -0.05) is 44.0 Å². The molecule has 0 bridgehead atoms. The van der Waals surface area contributed by atoms with E-state index in [1.54, 1.807) is 0 Å². The third kappa shape index (κ3) is 3.51. The molecular weight excluding hydrogens is 208 g/mol. The van der Waals surface area contributed by atoms with E-state index in [1.807, 2.05) is 31.2 Å². The normalized spacial score (nSPS) is 17.1. The van der Waals surface area contributed by atoms with E-state index in [0.717, 1.165) is 18.4 Å². The summed E-state index contributed by atoms with van der Waals surface area (Å²) in [7, 11) is 0. The smallest absolute Gasteiger partial charge is 0.0871 e. The third-order valence-electron chi connectivity index (χ3n) is 2.91. The number of hydrogen-bond donors (Lipinski definition) is 1. The summed E-state index contributed by atoms with van der Waals surface area (Å²) in [6.07, 6.45) is 1.87. The lowest BCUT2D eigenvalue weighted by Gasteiger charge is -2.26. The second-order valence-electron chi connectivity index (χ2n) is 4.50. The molecule has 1 N–H and O–H groups in total. The van der Waals surface area contributed by atoms with Gasteiger partial charge in [0.1, 0.15) is 0 Å². The Labute approximate surface area is 97.1 Å². The second kappa shape index (κ2) is 5.00. The SMILES string of the molecule is CCC(C)CC(C)(O)c1ccc(Cl)cc1. The van der Waals surface area contributed by atoms with Crippen LogP contribution in [0.25, 0.3) is 0 Å². The maximum absolute atomic E-state index is 10.3. The minimum absolute atomic E-state index is 0.524. The molecule has 2 atom stereocenters. The van der Waals surface area contributed by atoms with Crippen molar-refractivity contribution in [1.82, 2.24) is 0 Å². The van der Waals surface area contributed by atoms with Gasteiger partial charge < -0.3 is 5.11 Å². The molecule has 0 saturated heterocycles. The molecule has 0 spiro atoms. The highest BCUT2D eigenvalue weighted by molar-refractivity contribution is 6.30. The molecule has 1 rings (SSSR count). The van der Waals surface area contributed by atoms with Gasteiger partial charge in [-0.25, -0.2) is 0 Å². The van der Waals surface area contributed by atoms with Crippen molar-refractivity contribution in [3.05, 3.63) is 34.9 Å². The first-order chi connectivity index (χ1) is 6.95. The van der Waals surface area contributed by atoms with Gasteiger partial charge in [-0.3, -0.25) is 0 Å². The summed E-state index contributed by atoms with van der Waals surface area (Å²) in [6, 6.07) is 7.43. The summed E-state index contributed by atoms with van der Waals surface area (Å²) in [5.74, 6) is 0.524. The standard InChI is InChI=1S/C13H19ClO/c1-4-10(2)9-13(3,15)11-5-7-12(14)8-6-11/h5-8,10,15H,4,9H2,1-3H3. The van der Waals surface area contributed by atoms with Gasteiger partial charge >= 0.3 is 0 Å². The van der Waals surface area contributed by atoms with Crippen molar-refractivity contribution >= 4 is 11.6 Å². The van der Waals surface area contributed by atoms with Crippen LogP contribution in [0, 0.1) is 5.92 Å². The number of rotatable bonds is 4. The van der Waals surface area contributed by atoms with Gasteiger partial charge in [-0.05, 0) is 37.0 Å². The quantitative estimate of drug-likeness (QED) is 0.824. The second-order valence-corrected chi connectivity index (χ2v) is 4.93. The summed E-state index contributed by atoms with van der Waals surface area (Å²) in [6.45, 7) is 6.16. The Kier molecular flexibility index (Phi) is 4.18. The van der Waals surface area contributed by atoms with Crippen molar-refractivity contribution < 1.29 is 5.11 Å². The van der Waals surface area contributed by atoms with Gasteiger partial charge in [-0.15, -0.1) is 0 Å². The van der Waals surface area contributed by atoms with E-state index in [4.69, 9.17) is 11.6 Å². The minimum Gasteiger partial charge on any atom is -0.385 e. The van der Waals surface area contributed by atoms with Gasteiger partial charge in [0.25, 0.3) is 0 Å². The number of aliphatic hydroxyl groups is 1. The van der Waals surface area contributed by atoms with Crippen LogP contribution in [0.2, 0.25) is 5.02 Å². The van der Waals surface area contributed by atoms with Crippen molar-refractivity contribution in [3.63, 3.8) is 0 Å². The van der Waals surface area contributed by atoms with Crippen LogP contribution in [-0.2, 0) is 5.60 Å². The molecule has 0 aliphatic rings. The number of hydrogen-bond acceptors (Lipinski definition) is 1. The minimum atomic E-state index is -0.750. The predicted molar refractivity (Wildman–Crippen MR) is 65.1 cm³/mol. The molecule has 0 heterocycles. The molecule has 15 heavy (non-hydrogen) atoms. The van der Waals surface area contributed by atoms with E-state index in [1.165, 1.54) is 0 Å². The first-order valence-electron chi connectivity index (χ1n) is 5.44. The van der Waals surface area contributed by atoms with Crippen molar-refractivity contribution in [2.24, 2.45) is 5.92 Å². The highest BCUT2D eigenvalue weighted by Gasteiger charge is 2.24. The van der Waals surface area contributed by atoms with E-state index < -0.39 is 5.60 Å². The molecule has 0 amide bonds. The van der Waals surface area contributed by atoms with Crippen LogP contribution >= 0.6 is 11.6 Å². The highest BCUT2D eigenvalue weighted by Crippen LogP contribution is 2.29. The lowest BCUT2D eigenvalue weighted by molar-refractivity contribution is 0.0319. The van der Waals surface area contributed by atoms with Crippen LogP contribution in [0.1, 0.15) is 39.2 Å². The van der Waals surface area contributed by atoms with Crippen LogP contribution in [0.4, 0.5) is 0 Å². The van der Waals surface area contributed by atoms with Crippen molar-refractivity contribution in [2.45, 2.75) is 39.2 Å². The summed E-state index contributed by atoms with van der Waals surface area (Å²) < 4.78 is 0. The lowest BCUT2D eigenvalue weighted by atomic mass is 9.86. The fourth-order valence-corrected chi connectivity index (χ4v) is 1.88. The number of benzene rings is 1. The maximum atomic E-state index is 10.3. The molecule has 0 saturated carbocycles. The summed E-state index contributed by atoms with van der Waals surface area (Å²) in [5, 5.41) is 11.0. The first kappa shape index (κ1) is 12.5. The van der Waals surface area contributed by atoms with Crippen LogP contribution in [0.15, 0.2) is 24.3 Å². The van der Waals surface area contributed by atoms with Crippen LogP contribution in [0.3, 0.4) is 0 Å². The zero-order valence-electron chi connectivity index (χ0n) is 9.63. The molecule has 1 aromatic rings. The van der Waals surface area contributed by atoms with Gasteiger partial charge in [0.05, 0.1) is 5.60 Å². The zero-order valence-corrected chi connectivity index (χ0v) is 10.4. The molecule has 1 aromatic carbocycles. The van der Waals surface area contributed by atoms with Crippen LogP contribution < -0.4 is 0 Å².